The summed E-state index contributed by atoms with van der Waals surface area (Å²) in [6.07, 6.45) is 61.7. The van der Waals surface area contributed by atoms with Crippen LogP contribution in [0.1, 0.15) is 168 Å². The van der Waals surface area contributed by atoms with Gasteiger partial charge in [-0.15, -0.1) is 0 Å². The average molecular weight is 707 g/mol. The molecule has 51 heavy (non-hydrogen) atoms. The molecule has 4 heteroatoms. The Kier molecular flexibility index (Phi) is 41.2. The number of rotatable bonds is 37. The number of unbranched alkanes of at least 4 members (excludes halogenated alkanes) is 13. The third-order valence-electron chi connectivity index (χ3n) is 8.39. The smallest absolute Gasteiger partial charge is 0.306 e. The first-order valence-electron chi connectivity index (χ1n) is 20.8. The maximum atomic E-state index is 12.2. The molecular weight excluding hydrogens is 629 g/mol. The molecule has 0 radical (unpaired) electrons. The molecule has 0 amide bonds. The largest absolute Gasteiger partial charge is 0.457 e. The molecule has 1 N–H and O–H groups in total. The number of hydrogen-bond donors (Lipinski definition) is 1. The lowest BCUT2D eigenvalue weighted by Crippen LogP contribution is -2.27. The van der Waals surface area contributed by atoms with E-state index in [1.165, 1.54) is 64.2 Å². The fourth-order valence-electron chi connectivity index (χ4n) is 5.30. The SMILES string of the molecule is CC/C=C\C/C=C\C/C=C\C/C=C\C/C=C\C/C=C\CCCCCOCC(CO)OC(=O)CCCCCCCCC/C=C\C/C=C\CCCCC. The molecule has 0 bridgehead atoms. The van der Waals surface area contributed by atoms with Crippen LogP contribution < -0.4 is 0 Å². The van der Waals surface area contributed by atoms with Gasteiger partial charge in [-0.3, -0.25) is 4.79 Å². The second-order valence-corrected chi connectivity index (χ2v) is 13.3. The minimum absolute atomic E-state index is 0.195. The van der Waals surface area contributed by atoms with Gasteiger partial charge in [0, 0.05) is 13.0 Å². The Labute approximate surface area is 315 Å². The summed E-state index contributed by atoms with van der Waals surface area (Å²) in [7, 11) is 0. The lowest BCUT2D eigenvalue weighted by Gasteiger charge is -2.15. The standard InChI is InChI=1S/C47H78O4/c1-3-5-7-9-11-13-15-17-19-21-22-23-24-25-27-29-31-33-35-37-39-41-43-50-45-46(44-48)51-47(49)42-40-38-36-34-32-30-28-26-20-18-16-14-12-10-8-6-4-2/h5,7,11-14,17-20,22-23,25,27,31,33,46,48H,3-4,6,8-10,15-16,21,24,26,28-30,32,34-45H2,1-2H3/b7-5-,13-11-,14-12-,19-17-,20-18-,23-22-,27-25-,33-31-. The van der Waals surface area contributed by atoms with Crippen molar-refractivity contribution < 1.29 is 19.4 Å². The van der Waals surface area contributed by atoms with Crippen LogP contribution in [-0.2, 0) is 14.3 Å². The summed E-state index contributed by atoms with van der Waals surface area (Å²) in [5.41, 5.74) is 0. The molecule has 0 aromatic heterocycles. The first kappa shape index (κ1) is 48.3. The summed E-state index contributed by atoms with van der Waals surface area (Å²) in [4.78, 5) is 12.2. The van der Waals surface area contributed by atoms with Gasteiger partial charge in [-0.1, -0.05) is 162 Å². The topological polar surface area (TPSA) is 55.8 Å². The van der Waals surface area contributed by atoms with Gasteiger partial charge in [0.05, 0.1) is 13.2 Å². The molecule has 0 spiro atoms. The van der Waals surface area contributed by atoms with E-state index in [1.807, 2.05) is 0 Å². The predicted molar refractivity (Wildman–Crippen MR) is 223 cm³/mol. The molecule has 290 valence electrons. The number of carbonyl (C=O) groups is 1. The maximum Gasteiger partial charge on any atom is 0.306 e. The molecule has 0 aliphatic rings. The van der Waals surface area contributed by atoms with Gasteiger partial charge in [-0.05, 0) is 96.3 Å². The minimum Gasteiger partial charge on any atom is -0.457 e. The number of aliphatic hydroxyl groups is 1. The van der Waals surface area contributed by atoms with Gasteiger partial charge >= 0.3 is 5.97 Å². The molecule has 0 heterocycles. The van der Waals surface area contributed by atoms with Crippen LogP contribution in [-0.4, -0.2) is 37.0 Å². The lowest BCUT2D eigenvalue weighted by molar-refractivity contribution is -0.154. The Hall–Kier alpha value is -2.69. The highest BCUT2D eigenvalue weighted by atomic mass is 16.6. The van der Waals surface area contributed by atoms with Gasteiger partial charge in [0.15, 0.2) is 0 Å². The Morgan fingerprint density at radius 2 is 0.882 bits per heavy atom. The van der Waals surface area contributed by atoms with E-state index in [9.17, 15) is 9.90 Å². The molecule has 1 unspecified atom stereocenters. The number of hydrogen-bond acceptors (Lipinski definition) is 4. The van der Waals surface area contributed by atoms with Crippen molar-refractivity contribution in [2.24, 2.45) is 0 Å². The molecule has 0 rings (SSSR count). The second kappa shape index (κ2) is 43.5. The Morgan fingerprint density at radius 1 is 0.490 bits per heavy atom. The van der Waals surface area contributed by atoms with Gasteiger partial charge in [0.25, 0.3) is 0 Å². The summed E-state index contributed by atoms with van der Waals surface area (Å²) >= 11 is 0. The van der Waals surface area contributed by atoms with E-state index in [0.29, 0.717) is 13.0 Å². The average Bonchev–Trinajstić information content (AvgIpc) is 3.14. The van der Waals surface area contributed by atoms with Gasteiger partial charge in [-0.25, -0.2) is 0 Å². The fourth-order valence-corrected chi connectivity index (χ4v) is 5.30. The predicted octanol–water partition coefficient (Wildman–Crippen LogP) is 13.8. The molecule has 0 saturated heterocycles. The van der Waals surface area contributed by atoms with Crippen molar-refractivity contribution in [1.29, 1.82) is 0 Å². The second-order valence-electron chi connectivity index (χ2n) is 13.3. The third kappa shape index (κ3) is 41.6. The molecule has 0 fully saturated rings. The zero-order chi connectivity index (χ0) is 37.0. The number of aliphatic hydroxyl groups excluding tert-OH is 1. The van der Waals surface area contributed by atoms with Crippen molar-refractivity contribution in [3.8, 4) is 0 Å². The zero-order valence-corrected chi connectivity index (χ0v) is 33.1. The molecular formula is C47H78O4. The number of esters is 1. The van der Waals surface area contributed by atoms with Gasteiger partial charge in [-0.2, -0.15) is 0 Å². The van der Waals surface area contributed by atoms with E-state index in [0.717, 1.165) is 83.5 Å². The first-order chi connectivity index (χ1) is 25.2. The van der Waals surface area contributed by atoms with Crippen molar-refractivity contribution in [1.82, 2.24) is 0 Å². The number of allylic oxidation sites excluding steroid dienone is 16. The molecule has 1 atom stereocenters. The summed E-state index contributed by atoms with van der Waals surface area (Å²) < 4.78 is 11.1. The molecule has 4 nitrogen and oxygen atoms in total. The normalized spacial score (nSPS) is 13.4. The van der Waals surface area contributed by atoms with Crippen molar-refractivity contribution >= 4 is 5.97 Å². The summed E-state index contributed by atoms with van der Waals surface area (Å²) in [6, 6.07) is 0. The Balaban J connectivity index is 3.58. The first-order valence-corrected chi connectivity index (χ1v) is 20.8. The molecule has 0 aliphatic carbocycles. The molecule has 0 aromatic rings. The summed E-state index contributed by atoms with van der Waals surface area (Å²) in [5, 5.41) is 9.59. The zero-order valence-electron chi connectivity index (χ0n) is 33.1. The number of carbonyl (C=O) groups excluding carboxylic acids is 1. The van der Waals surface area contributed by atoms with Crippen LogP contribution in [0.4, 0.5) is 0 Å². The van der Waals surface area contributed by atoms with Crippen LogP contribution in [0.2, 0.25) is 0 Å². The van der Waals surface area contributed by atoms with E-state index in [2.05, 4.69) is 111 Å². The van der Waals surface area contributed by atoms with E-state index >= 15 is 0 Å². The van der Waals surface area contributed by atoms with Gasteiger partial charge in [0.1, 0.15) is 6.10 Å². The van der Waals surface area contributed by atoms with Crippen molar-refractivity contribution in [2.45, 2.75) is 174 Å². The highest BCUT2D eigenvalue weighted by Gasteiger charge is 2.13. The molecule has 0 aromatic carbocycles. The molecule has 0 saturated carbocycles. The van der Waals surface area contributed by atoms with E-state index in [1.54, 1.807) is 0 Å². The highest BCUT2D eigenvalue weighted by Crippen LogP contribution is 2.11. The summed E-state index contributed by atoms with van der Waals surface area (Å²) in [5.74, 6) is -0.225. The van der Waals surface area contributed by atoms with Crippen LogP contribution >= 0.6 is 0 Å². The van der Waals surface area contributed by atoms with Crippen LogP contribution in [0, 0.1) is 0 Å². The van der Waals surface area contributed by atoms with Crippen molar-refractivity contribution in [2.75, 3.05) is 19.8 Å². The van der Waals surface area contributed by atoms with Crippen LogP contribution in [0.15, 0.2) is 97.2 Å². The Bertz CT molecular complexity index is 965. The lowest BCUT2D eigenvalue weighted by atomic mass is 10.1. The van der Waals surface area contributed by atoms with Crippen molar-refractivity contribution in [3.05, 3.63) is 97.2 Å². The van der Waals surface area contributed by atoms with E-state index in [-0.39, 0.29) is 19.2 Å². The van der Waals surface area contributed by atoms with Crippen LogP contribution in [0.25, 0.3) is 0 Å². The monoisotopic (exact) mass is 707 g/mol. The van der Waals surface area contributed by atoms with E-state index < -0.39 is 6.10 Å². The minimum atomic E-state index is -0.563. The fraction of sp³-hybridized carbons (Fsp3) is 0.638. The Morgan fingerprint density at radius 3 is 1.33 bits per heavy atom. The highest BCUT2D eigenvalue weighted by molar-refractivity contribution is 5.69. The maximum absolute atomic E-state index is 12.2. The third-order valence-corrected chi connectivity index (χ3v) is 8.39. The van der Waals surface area contributed by atoms with Crippen LogP contribution in [0.3, 0.4) is 0 Å². The number of ether oxygens (including phenoxy) is 2. The van der Waals surface area contributed by atoms with Crippen molar-refractivity contribution in [3.63, 3.8) is 0 Å². The van der Waals surface area contributed by atoms with Gasteiger partial charge in [0.2, 0.25) is 0 Å². The van der Waals surface area contributed by atoms with Gasteiger partial charge < -0.3 is 14.6 Å². The van der Waals surface area contributed by atoms with E-state index in [4.69, 9.17) is 9.47 Å². The quantitative estimate of drug-likeness (QED) is 0.0397. The van der Waals surface area contributed by atoms with Crippen LogP contribution in [0.5, 0.6) is 0 Å². The molecule has 0 aliphatic heterocycles. The summed E-state index contributed by atoms with van der Waals surface area (Å²) in [6.45, 7) is 5.11.